The summed E-state index contributed by atoms with van der Waals surface area (Å²) >= 11 is 0. The zero-order chi connectivity index (χ0) is 15.9. The van der Waals surface area contributed by atoms with Crippen LogP contribution < -0.4 is 20.5 Å². The Kier molecular flexibility index (Phi) is 5.25. The third-order valence-electron chi connectivity index (χ3n) is 3.15. The van der Waals surface area contributed by atoms with Crippen LogP contribution in [-0.4, -0.2) is 19.6 Å². The number of ether oxygens (including phenoxy) is 2. The number of hydrogen-bond donors (Lipinski definition) is 2. The van der Waals surface area contributed by atoms with Crippen molar-refractivity contribution in [3.63, 3.8) is 0 Å². The van der Waals surface area contributed by atoms with E-state index >= 15 is 0 Å². The summed E-state index contributed by atoms with van der Waals surface area (Å²) < 4.78 is 10.6. The molecule has 0 aliphatic rings. The van der Waals surface area contributed by atoms with Gasteiger partial charge in [0.05, 0.1) is 7.11 Å². The number of nitrogens with two attached hydrogens (primary N) is 1. The van der Waals surface area contributed by atoms with Crippen molar-refractivity contribution in [1.82, 2.24) is 0 Å². The second kappa shape index (κ2) is 7.36. The van der Waals surface area contributed by atoms with Gasteiger partial charge in [-0.15, -0.1) is 0 Å². The molecule has 3 N–H and O–H groups in total. The van der Waals surface area contributed by atoms with E-state index in [4.69, 9.17) is 15.2 Å². The molecule has 2 rings (SSSR count). The number of primary amides is 1. The highest BCUT2D eigenvalue weighted by atomic mass is 16.5. The summed E-state index contributed by atoms with van der Waals surface area (Å²) in [6, 6.07) is 13.8. The molecule has 2 aromatic rings. The Bertz CT molecular complexity index is 639. The quantitative estimate of drug-likeness (QED) is 0.824. The van der Waals surface area contributed by atoms with E-state index in [1.165, 1.54) is 5.56 Å². The van der Waals surface area contributed by atoms with Gasteiger partial charge in [0.1, 0.15) is 0 Å². The lowest BCUT2D eigenvalue weighted by atomic mass is 10.2. The van der Waals surface area contributed by atoms with Crippen LogP contribution in [0, 0.1) is 6.92 Å². The SMILES string of the molecule is COc1cc(CNc2ccc(C)cc2)ccc1OCC(N)=O. The van der Waals surface area contributed by atoms with Crippen LogP contribution in [0.2, 0.25) is 0 Å². The van der Waals surface area contributed by atoms with Crippen LogP contribution in [0.5, 0.6) is 11.5 Å². The molecule has 5 heteroatoms. The maximum Gasteiger partial charge on any atom is 0.255 e. The maximum absolute atomic E-state index is 10.8. The molecule has 116 valence electrons. The Hall–Kier alpha value is -2.69. The van der Waals surface area contributed by atoms with Crippen molar-refractivity contribution in [2.75, 3.05) is 19.0 Å². The fraction of sp³-hybridized carbons (Fsp3) is 0.235. The van der Waals surface area contributed by atoms with Crippen LogP contribution in [0.4, 0.5) is 5.69 Å². The molecule has 0 heterocycles. The summed E-state index contributed by atoms with van der Waals surface area (Å²) in [5.41, 5.74) is 8.39. The van der Waals surface area contributed by atoms with E-state index in [-0.39, 0.29) is 6.61 Å². The molecule has 0 bridgehead atoms. The van der Waals surface area contributed by atoms with E-state index in [1.807, 2.05) is 24.3 Å². The predicted octanol–water partition coefficient (Wildman–Crippen LogP) is 2.48. The third kappa shape index (κ3) is 4.41. The van der Waals surface area contributed by atoms with Gasteiger partial charge < -0.3 is 20.5 Å². The minimum atomic E-state index is -0.521. The van der Waals surface area contributed by atoms with Gasteiger partial charge in [-0.05, 0) is 36.8 Å². The first-order chi connectivity index (χ1) is 10.6. The standard InChI is InChI=1S/C17H20N2O3/c1-12-3-6-14(7-4-12)19-10-13-5-8-15(16(9-13)21-2)22-11-17(18)20/h3-9,19H,10-11H2,1-2H3,(H2,18,20). The summed E-state index contributed by atoms with van der Waals surface area (Å²) in [7, 11) is 1.56. The summed E-state index contributed by atoms with van der Waals surface area (Å²) in [5.74, 6) is 0.553. The topological polar surface area (TPSA) is 73.6 Å². The number of benzene rings is 2. The van der Waals surface area contributed by atoms with Crippen molar-refractivity contribution in [2.24, 2.45) is 5.73 Å². The summed E-state index contributed by atoms with van der Waals surface area (Å²) in [6.45, 7) is 2.55. The average Bonchev–Trinajstić information content (AvgIpc) is 2.52. The zero-order valence-electron chi connectivity index (χ0n) is 12.8. The lowest BCUT2D eigenvalue weighted by molar-refractivity contribution is -0.119. The molecule has 0 saturated carbocycles. The van der Waals surface area contributed by atoms with Gasteiger partial charge in [0.25, 0.3) is 5.91 Å². The largest absolute Gasteiger partial charge is 0.493 e. The van der Waals surface area contributed by atoms with Crippen LogP contribution in [0.25, 0.3) is 0 Å². The molecular weight excluding hydrogens is 280 g/mol. The first kappa shape index (κ1) is 15.7. The number of carbonyl (C=O) groups excluding carboxylic acids is 1. The maximum atomic E-state index is 10.8. The average molecular weight is 300 g/mol. The minimum absolute atomic E-state index is 0.169. The van der Waals surface area contributed by atoms with E-state index in [1.54, 1.807) is 13.2 Å². The molecule has 0 unspecified atom stereocenters. The fourth-order valence-corrected chi connectivity index (χ4v) is 1.97. The van der Waals surface area contributed by atoms with Gasteiger partial charge in [0.15, 0.2) is 18.1 Å². The van der Waals surface area contributed by atoms with E-state index in [9.17, 15) is 4.79 Å². The molecule has 0 saturated heterocycles. The van der Waals surface area contributed by atoms with Crippen LogP contribution >= 0.6 is 0 Å². The van der Waals surface area contributed by atoms with Crippen molar-refractivity contribution in [3.8, 4) is 11.5 Å². The molecule has 5 nitrogen and oxygen atoms in total. The predicted molar refractivity (Wildman–Crippen MR) is 86.2 cm³/mol. The second-order valence-corrected chi connectivity index (χ2v) is 4.96. The highest BCUT2D eigenvalue weighted by Gasteiger charge is 2.07. The monoisotopic (exact) mass is 300 g/mol. The van der Waals surface area contributed by atoms with E-state index in [2.05, 4.69) is 24.4 Å². The van der Waals surface area contributed by atoms with Gasteiger partial charge in [0.2, 0.25) is 0 Å². The smallest absolute Gasteiger partial charge is 0.255 e. The molecule has 0 aliphatic heterocycles. The van der Waals surface area contributed by atoms with Gasteiger partial charge in [-0.25, -0.2) is 0 Å². The molecule has 0 radical (unpaired) electrons. The summed E-state index contributed by atoms with van der Waals surface area (Å²) in [6.07, 6.45) is 0. The number of carbonyl (C=O) groups is 1. The molecular formula is C17H20N2O3. The van der Waals surface area contributed by atoms with Crippen LogP contribution in [0.15, 0.2) is 42.5 Å². The number of nitrogens with one attached hydrogen (secondary N) is 1. The first-order valence-corrected chi connectivity index (χ1v) is 6.97. The molecule has 0 fully saturated rings. The first-order valence-electron chi connectivity index (χ1n) is 6.97. The number of amides is 1. The number of hydrogen-bond acceptors (Lipinski definition) is 4. The van der Waals surface area contributed by atoms with Crippen LogP contribution in [0.1, 0.15) is 11.1 Å². The highest BCUT2D eigenvalue weighted by molar-refractivity contribution is 5.75. The van der Waals surface area contributed by atoms with Gasteiger partial charge >= 0.3 is 0 Å². The number of anilines is 1. The lowest BCUT2D eigenvalue weighted by Gasteiger charge is -2.12. The van der Waals surface area contributed by atoms with E-state index in [0.717, 1.165) is 11.3 Å². The molecule has 22 heavy (non-hydrogen) atoms. The molecule has 2 aromatic carbocycles. The number of rotatable bonds is 7. The van der Waals surface area contributed by atoms with Crippen molar-refractivity contribution < 1.29 is 14.3 Å². The summed E-state index contributed by atoms with van der Waals surface area (Å²) in [4.78, 5) is 10.8. The van der Waals surface area contributed by atoms with Crippen LogP contribution in [-0.2, 0) is 11.3 Å². The normalized spacial score (nSPS) is 10.1. The van der Waals surface area contributed by atoms with E-state index < -0.39 is 5.91 Å². The Morgan fingerprint density at radius 2 is 1.86 bits per heavy atom. The summed E-state index contributed by atoms with van der Waals surface area (Å²) in [5, 5.41) is 3.34. The lowest BCUT2D eigenvalue weighted by Crippen LogP contribution is -2.20. The Morgan fingerprint density at radius 3 is 2.50 bits per heavy atom. The van der Waals surface area contributed by atoms with Gasteiger partial charge in [-0.1, -0.05) is 23.8 Å². The zero-order valence-corrected chi connectivity index (χ0v) is 12.8. The highest BCUT2D eigenvalue weighted by Crippen LogP contribution is 2.28. The number of methoxy groups -OCH3 is 1. The minimum Gasteiger partial charge on any atom is -0.493 e. The molecule has 0 aliphatic carbocycles. The van der Waals surface area contributed by atoms with Crippen molar-refractivity contribution in [1.29, 1.82) is 0 Å². The molecule has 0 atom stereocenters. The Labute approximate surface area is 130 Å². The van der Waals surface area contributed by atoms with Crippen molar-refractivity contribution in [3.05, 3.63) is 53.6 Å². The van der Waals surface area contributed by atoms with Crippen molar-refractivity contribution >= 4 is 11.6 Å². The molecule has 0 aromatic heterocycles. The van der Waals surface area contributed by atoms with Crippen molar-refractivity contribution in [2.45, 2.75) is 13.5 Å². The molecule has 0 spiro atoms. The molecule has 1 amide bonds. The van der Waals surface area contributed by atoms with E-state index in [0.29, 0.717) is 18.0 Å². The number of aryl methyl sites for hydroxylation is 1. The fourth-order valence-electron chi connectivity index (χ4n) is 1.97. The third-order valence-corrected chi connectivity index (χ3v) is 3.15. The van der Waals surface area contributed by atoms with Gasteiger partial charge in [0, 0.05) is 12.2 Å². The Balaban J connectivity index is 2.02. The van der Waals surface area contributed by atoms with Gasteiger partial charge in [-0.2, -0.15) is 0 Å². The second-order valence-electron chi connectivity index (χ2n) is 4.96. The van der Waals surface area contributed by atoms with Crippen LogP contribution in [0.3, 0.4) is 0 Å². The van der Waals surface area contributed by atoms with Gasteiger partial charge in [-0.3, -0.25) is 4.79 Å². The Morgan fingerprint density at radius 1 is 1.14 bits per heavy atom.